The third-order valence-electron chi connectivity index (χ3n) is 2.36. The lowest BCUT2D eigenvalue weighted by Crippen LogP contribution is -2.20. The van der Waals surface area contributed by atoms with E-state index < -0.39 is 0 Å². The molecule has 0 aliphatic carbocycles. The van der Waals surface area contributed by atoms with E-state index in [1.54, 1.807) is 19.3 Å². The van der Waals surface area contributed by atoms with E-state index in [1.807, 2.05) is 36.4 Å². The average molecular weight is 247 g/mol. The largest absolute Gasteiger partial charge is 0.285 e. The molecule has 0 atom stereocenters. The van der Waals surface area contributed by atoms with Crippen molar-refractivity contribution in [3.05, 3.63) is 63.0 Å². The third kappa shape index (κ3) is 2.63. The molecule has 1 aromatic carbocycles. The van der Waals surface area contributed by atoms with Crippen molar-refractivity contribution >= 4 is 23.8 Å². The summed E-state index contributed by atoms with van der Waals surface area (Å²) in [7, 11) is 1.57. The summed E-state index contributed by atoms with van der Waals surface area (Å²) in [6.45, 7) is 0. The summed E-state index contributed by atoms with van der Waals surface area (Å²) in [4.78, 5) is 11.5. The summed E-state index contributed by atoms with van der Waals surface area (Å²) < 4.78 is 1.21. The van der Waals surface area contributed by atoms with Crippen LogP contribution in [0.25, 0.3) is 12.2 Å². The lowest BCUT2D eigenvalue weighted by Gasteiger charge is -1.99. The van der Waals surface area contributed by atoms with Crippen molar-refractivity contribution < 1.29 is 0 Å². The third-order valence-corrected chi connectivity index (χ3v) is 2.74. The Morgan fingerprint density at radius 2 is 1.94 bits per heavy atom. The molecule has 4 heteroatoms. The topological polar surface area (TPSA) is 34.9 Å². The van der Waals surface area contributed by atoms with E-state index in [1.165, 1.54) is 4.68 Å². The fourth-order valence-corrected chi connectivity index (χ4v) is 1.62. The molecule has 1 heterocycles. The Bertz CT molecular complexity index is 603. The zero-order valence-corrected chi connectivity index (χ0v) is 10.1. The summed E-state index contributed by atoms with van der Waals surface area (Å²) in [5, 5.41) is 4.11. The monoisotopic (exact) mass is 246 g/mol. The number of benzene rings is 1. The van der Waals surface area contributed by atoms with Gasteiger partial charge in [0.1, 0.15) is 5.02 Å². The van der Waals surface area contributed by atoms with E-state index in [9.17, 15) is 4.79 Å². The highest BCUT2D eigenvalue weighted by Crippen LogP contribution is 2.13. The molecule has 2 aromatic rings. The van der Waals surface area contributed by atoms with Gasteiger partial charge in [-0.05, 0) is 5.56 Å². The van der Waals surface area contributed by atoms with E-state index in [-0.39, 0.29) is 10.6 Å². The first-order chi connectivity index (χ1) is 8.18. The molecule has 17 heavy (non-hydrogen) atoms. The quantitative estimate of drug-likeness (QED) is 0.817. The lowest BCUT2D eigenvalue weighted by molar-refractivity contribution is 0.706. The number of hydrogen-bond donors (Lipinski definition) is 0. The normalized spacial score (nSPS) is 10.9. The number of aryl methyl sites for hydroxylation is 1. The highest BCUT2D eigenvalue weighted by atomic mass is 35.5. The molecule has 0 aliphatic rings. The Morgan fingerprint density at radius 3 is 2.65 bits per heavy atom. The second kappa shape index (κ2) is 4.97. The molecule has 0 saturated heterocycles. The SMILES string of the molecule is Cn1ncc(/C=C/c2ccccc2)c(Cl)c1=O. The van der Waals surface area contributed by atoms with Crippen molar-refractivity contribution in [1.29, 1.82) is 0 Å². The summed E-state index contributed by atoms with van der Waals surface area (Å²) in [5.41, 5.74) is 1.38. The molecule has 0 aliphatic heterocycles. The molecule has 0 spiro atoms. The fourth-order valence-electron chi connectivity index (χ4n) is 1.39. The molecule has 1 aromatic heterocycles. The van der Waals surface area contributed by atoms with Crippen LogP contribution < -0.4 is 5.56 Å². The van der Waals surface area contributed by atoms with Crippen LogP contribution in [0.3, 0.4) is 0 Å². The fraction of sp³-hybridized carbons (Fsp3) is 0.0769. The number of aromatic nitrogens is 2. The Balaban J connectivity index is 2.35. The van der Waals surface area contributed by atoms with Crippen LogP contribution in [0.4, 0.5) is 0 Å². The van der Waals surface area contributed by atoms with Crippen molar-refractivity contribution in [1.82, 2.24) is 9.78 Å². The Morgan fingerprint density at radius 1 is 1.24 bits per heavy atom. The summed E-state index contributed by atoms with van der Waals surface area (Å²) in [6, 6.07) is 9.79. The van der Waals surface area contributed by atoms with Gasteiger partial charge < -0.3 is 0 Å². The Hall–Kier alpha value is -1.87. The van der Waals surface area contributed by atoms with Gasteiger partial charge in [0.25, 0.3) is 5.56 Å². The molecule has 86 valence electrons. The second-order valence-corrected chi connectivity index (χ2v) is 3.96. The molecule has 0 saturated carbocycles. The van der Waals surface area contributed by atoms with Gasteiger partial charge in [0, 0.05) is 12.6 Å². The maximum atomic E-state index is 11.5. The Kier molecular flexibility index (Phi) is 3.40. The second-order valence-electron chi connectivity index (χ2n) is 3.59. The van der Waals surface area contributed by atoms with Gasteiger partial charge >= 0.3 is 0 Å². The van der Waals surface area contributed by atoms with Gasteiger partial charge in [-0.15, -0.1) is 0 Å². The van der Waals surface area contributed by atoms with Gasteiger partial charge in [0.15, 0.2) is 0 Å². The van der Waals surface area contributed by atoms with Gasteiger partial charge in [-0.25, -0.2) is 4.68 Å². The van der Waals surface area contributed by atoms with Crippen LogP contribution in [0.5, 0.6) is 0 Å². The highest BCUT2D eigenvalue weighted by molar-refractivity contribution is 6.31. The maximum absolute atomic E-state index is 11.5. The summed E-state index contributed by atoms with van der Waals surface area (Å²) in [6.07, 6.45) is 5.25. The lowest BCUT2D eigenvalue weighted by atomic mass is 10.2. The van der Waals surface area contributed by atoms with Crippen molar-refractivity contribution in [3.8, 4) is 0 Å². The predicted molar refractivity (Wildman–Crippen MR) is 69.9 cm³/mol. The van der Waals surface area contributed by atoms with Crippen LogP contribution in [0, 0.1) is 0 Å². The minimum Gasteiger partial charge on any atom is -0.266 e. The minimum absolute atomic E-state index is 0.190. The average Bonchev–Trinajstić information content (AvgIpc) is 2.36. The smallest absolute Gasteiger partial charge is 0.266 e. The van der Waals surface area contributed by atoms with Crippen molar-refractivity contribution in [3.63, 3.8) is 0 Å². The number of halogens is 1. The number of nitrogens with zero attached hydrogens (tertiary/aromatic N) is 2. The van der Waals surface area contributed by atoms with Crippen LogP contribution >= 0.6 is 11.6 Å². The van der Waals surface area contributed by atoms with Gasteiger partial charge in [0.05, 0.1) is 6.20 Å². The number of hydrogen-bond acceptors (Lipinski definition) is 2. The molecule has 0 radical (unpaired) electrons. The van der Waals surface area contributed by atoms with Gasteiger partial charge in [-0.2, -0.15) is 5.10 Å². The van der Waals surface area contributed by atoms with Gasteiger partial charge in [0.2, 0.25) is 0 Å². The van der Waals surface area contributed by atoms with E-state index in [4.69, 9.17) is 11.6 Å². The molecule has 0 fully saturated rings. The van der Waals surface area contributed by atoms with E-state index in [2.05, 4.69) is 5.10 Å². The first kappa shape index (κ1) is 11.6. The maximum Gasteiger partial charge on any atom is 0.285 e. The predicted octanol–water partition coefficient (Wildman–Crippen LogP) is 2.60. The molecule has 0 unspecified atom stereocenters. The molecule has 0 amide bonds. The minimum atomic E-state index is -0.290. The van der Waals surface area contributed by atoms with Crippen LogP contribution in [0.15, 0.2) is 41.3 Å². The van der Waals surface area contributed by atoms with Gasteiger partial charge in [-0.3, -0.25) is 4.79 Å². The molecule has 0 bridgehead atoms. The standard InChI is InChI=1S/C13H11ClN2O/c1-16-13(17)12(14)11(9-15-16)8-7-10-5-3-2-4-6-10/h2-9H,1H3/b8-7+. The number of rotatable bonds is 2. The van der Waals surface area contributed by atoms with Crippen LogP contribution in [0.1, 0.15) is 11.1 Å². The molecule has 3 nitrogen and oxygen atoms in total. The van der Waals surface area contributed by atoms with E-state index in [0.29, 0.717) is 5.56 Å². The van der Waals surface area contributed by atoms with Crippen molar-refractivity contribution in [2.75, 3.05) is 0 Å². The zero-order valence-electron chi connectivity index (χ0n) is 9.30. The van der Waals surface area contributed by atoms with Crippen molar-refractivity contribution in [2.24, 2.45) is 7.05 Å². The summed E-state index contributed by atoms with van der Waals surface area (Å²) in [5.74, 6) is 0. The summed E-state index contributed by atoms with van der Waals surface area (Å²) >= 11 is 5.94. The molecule has 2 rings (SSSR count). The molecular weight excluding hydrogens is 236 g/mol. The van der Waals surface area contributed by atoms with E-state index >= 15 is 0 Å². The van der Waals surface area contributed by atoms with Crippen LogP contribution in [-0.2, 0) is 7.05 Å². The Labute approximate surface area is 104 Å². The highest BCUT2D eigenvalue weighted by Gasteiger charge is 2.03. The van der Waals surface area contributed by atoms with Crippen molar-refractivity contribution in [2.45, 2.75) is 0 Å². The van der Waals surface area contributed by atoms with Crippen LogP contribution in [0.2, 0.25) is 5.02 Å². The first-order valence-corrected chi connectivity index (χ1v) is 5.51. The van der Waals surface area contributed by atoms with Crippen LogP contribution in [-0.4, -0.2) is 9.78 Å². The first-order valence-electron chi connectivity index (χ1n) is 5.13. The zero-order chi connectivity index (χ0) is 12.3. The van der Waals surface area contributed by atoms with Gasteiger partial charge in [-0.1, -0.05) is 54.1 Å². The molecule has 0 N–H and O–H groups in total. The molecular formula is C13H11ClN2O. The van der Waals surface area contributed by atoms with E-state index in [0.717, 1.165) is 5.56 Å².